The van der Waals surface area contributed by atoms with E-state index in [1.807, 2.05) is 0 Å². The summed E-state index contributed by atoms with van der Waals surface area (Å²) in [5.74, 6) is 1.21. The number of hydrogen-bond acceptors (Lipinski definition) is 2. The van der Waals surface area contributed by atoms with Gasteiger partial charge in [0.05, 0.1) is 0 Å². The summed E-state index contributed by atoms with van der Waals surface area (Å²) in [5, 5.41) is 9.79. The average molecular weight is 251 g/mol. The zero-order valence-corrected chi connectivity index (χ0v) is 11.4. The quantitative estimate of drug-likeness (QED) is 0.870. The summed E-state index contributed by atoms with van der Waals surface area (Å²) in [6.07, 6.45) is 1.24. The smallest absolute Gasteiger partial charge is 0.123 e. The first kappa shape index (κ1) is 13.3. The van der Waals surface area contributed by atoms with Crippen molar-refractivity contribution < 1.29 is 9.50 Å². The SMILES string of the molecule is CC1CC(C)C(C)N(Cc2cc(F)ccc2O)C1. The van der Waals surface area contributed by atoms with Gasteiger partial charge in [0, 0.05) is 24.7 Å². The summed E-state index contributed by atoms with van der Waals surface area (Å²) in [5.41, 5.74) is 0.683. The molecule has 1 aliphatic rings. The van der Waals surface area contributed by atoms with Gasteiger partial charge >= 0.3 is 0 Å². The number of phenolic OH excluding ortho intramolecular Hbond substituents is 1. The van der Waals surface area contributed by atoms with Crippen molar-refractivity contribution in [3.8, 4) is 5.75 Å². The Balaban J connectivity index is 2.14. The maximum Gasteiger partial charge on any atom is 0.123 e. The fourth-order valence-corrected chi connectivity index (χ4v) is 2.94. The number of aromatic hydroxyl groups is 1. The van der Waals surface area contributed by atoms with Crippen LogP contribution in [0.5, 0.6) is 5.75 Å². The number of halogens is 1. The third kappa shape index (κ3) is 2.83. The van der Waals surface area contributed by atoms with Crippen molar-refractivity contribution in [1.82, 2.24) is 4.90 Å². The minimum Gasteiger partial charge on any atom is -0.508 e. The van der Waals surface area contributed by atoms with E-state index >= 15 is 0 Å². The van der Waals surface area contributed by atoms with E-state index < -0.39 is 0 Å². The van der Waals surface area contributed by atoms with Crippen LogP contribution in [0, 0.1) is 17.7 Å². The Morgan fingerprint density at radius 3 is 2.78 bits per heavy atom. The molecule has 1 aromatic carbocycles. The van der Waals surface area contributed by atoms with Crippen molar-refractivity contribution in [2.45, 2.75) is 39.8 Å². The Kier molecular flexibility index (Phi) is 3.91. The Hall–Kier alpha value is -1.09. The van der Waals surface area contributed by atoms with Gasteiger partial charge in [-0.25, -0.2) is 4.39 Å². The predicted molar refractivity (Wildman–Crippen MR) is 70.9 cm³/mol. The molecule has 1 aliphatic heterocycles. The van der Waals surface area contributed by atoms with Crippen LogP contribution >= 0.6 is 0 Å². The highest BCUT2D eigenvalue weighted by Gasteiger charge is 2.29. The average Bonchev–Trinajstić information content (AvgIpc) is 2.30. The topological polar surface area (TPSA) is 23.5 Å². The number of nitrogens with zero attached hydrogens (tertiary/aromatic N) is 1. The second-order valence-corrected chi connectivity index (χ2v) is 5.76. The van der Waals surface area contributed by atoms with Crippen molar-refractivity contribution in [1.29, 1.82) is 0 Å². The second kappa shape index (κ2) is 5.27. The van der Waals surface area contributed by atoms with Crippen molar-refractivity contribution in [3.63, 3.8) is 0 Å². The molecule has 1 heterocycles. The fraction of sp³-hybridized carbons (Fsp3) is 0.600. The monoisotopic (exact) mass is 251 g/mol. The molecule has 18 heavy (non-hydrogen) atoms. The van der Waals surface area contributed by atoms with E-state index in [1.54, 1.807) is 0 Å². The predicted octanol–water partition coefficient (Wildman–Crippen LogP) is 3.40. The summed E-state index contributed by atoms with van der Waals surface area (Å²) in [7, 11) is 0. The lowest BCUT2D eigenvalue weighted by Crippen LogP contribution is -2.45. The normalized spacial score (nSPS) is 29.4. The lowest BCUT2D eigenvalue weighted by molar-refractivity contribution is 0.0722. The van der Waals surface area contributed by atoms with Gasteiger partial charge < -0.3 is 5.11 Å². The Morgan fingerprint density at radius 1 is 1.33 bits per heavy atom. The number of piperidine rings is 1. The number of phenols is 1. The molecule has 100 valence electrons. The zero-order valence-electron chi connectivity index (χ0n) is 11.4. The lowest BCUT2D eigenvalue weighted by Gasteiger charge is -2.41. The van der Waals surface area contributed by atoms with Crippen LogP contribution in [0.15, 0.2) is 18.2 Å². The van der Waals surface area contributed by atoms with Gasteiger partial charge in [-0.3, -0.25) is 4.90 Å². The number of hydrogen-bond donors (Lipinski definition) is 1. The van der Waals surface area contributed by atoms with E-state index in [0.717, 1.165) is 6.54 Å². The molecule has 1 saturated heterocycles. The zero-order chi connectivity index (χ0) is 13.3. The van der Waals surface area contributed by atoms with Crippen LogP contribution in [0.4, 0.5) is 4.39 Å². The number of rotatable bonds is 2. The first-order chi connectivity index (χ1) is 8.47. The number of benzene rings is 1. The van der Waals surface area contributed by atoms with E-state index in [4.69, 9.17) is 0 Å². The molecule has 1 aromatic rings. The van der Waals surface area contributed by atoms with E-state index in [1.165, 1.54) is 24.6 Å². The van der Waals surface area contributed by atoms with Gasteiger partial charge in [0.1, 0.15) is 11.6 Å². The van der Waals surface area contributed by atoms with Crippen LogP contribution in [0.1, 0.15) is 32.8 Å². The van der Waals surface area contributed by atoms with Gasteiger partial charge in [-0.05, 0) is 43.4 Å². The van der Waals surface area contributed by atoms with Crippen molar-refractivity contribution >= 4 is 0 Å². The molecule has 1 N–H and O–H groups in total. The maximum absolute atomic E-state index is 13.2. The molecule has 0 amide bonds. The lowest BCUT2D eigenvalue weighted by atomic mass is 9.86. The Labute approximate surface area is 108 Å². The second-order valence-electron chi connectivity index (χ2n) is 5.76. The molecule has 3 unspecified atom stereocenters. The molecule has 1 fully saturated rings. The summed E-state index contributed by atoms with van der Waals surface area (Å²) in [6, 6.07) is 4.64. The molecule has 0 aromatic heterocycles. The Bertz CT molecular complexity index is 421. The molecular formula is C15H22FNO. The first-order valence-corrected chi connectivity index (χ1v) is 6.68. The molecule has 0 saturated carbocycles. The molecule has 0 bridgehead atoms. The minimum atomic E-state index is -0.284. The summed E-state index contributed by atoms with van der Waals surface area (Å²) < 4.78 is 13.2. The van der Waals surface area contributed by atoms with Gasteiger partial charge in [-0.2, -0.15) is 0 Å². The molecule has 0 spiro atoms. The highest BCUT2D eigenvalue weighted by Crippen LogP contribution is 2.29. The highest BCUT2D eigenvalue weighted by atomic mass is 19.1. The summed E-state index contributed by atoms with van der Waals surface area (Å²) in [6.45, 7) is 8.37. The molecule has 3 heteroatoms. The third-order valence-corrected chi connectivity index (χ3v) is 4.13. The summed E-state index contributed by atoms with van der Waals surface area (Å²) in [4.78, 5) is 2.34. The van der Waals surface area contributed by atoms with Crippen LogP contribution in [-0.4, -0.2) is 22.6 Å². The Morgan fingerprint density at radius 2 is 2.06 bits per heavy atom. The van der Waals surface area contributed by atoms with Gasteiger partial charge in [-0.15, -0.1) is 0 Å². The van der Waals surface area contributed by atoms with Crippen LogP contribution < -0.4 is 0 Å². The largest absolute Gasteiger partial charge is 0.508 e. The van der Waals surface area contributed by atoms with Crippen LogP contribution in [0.25, 0.3) is 0 Å². The molecule has 2 nitrogen and oxygen atoms in total. The molecule has 3 atom stereocenters. The van der Waals surface area contributed by atoms with E-state index in [-0.39, 0.29) is 11.6 Å². The van der Waals surface area contributed by atoms with Gasteiger partial charge in [-0.1, -0.05) is 13.8 Å². The van der Waals surface area contributed by atoms with Crippen molar-refractivity contribution in [2.75, 3.05) is 6.54 Å². The molecular weight excluding hydrogens is 229 g/mol. The van der Waals surface area contributed by atoms with Gasteiger partial charge in [0.2, 0.25) is 0 Å². The molecule has 0 aliphatic carbocycles. The molecule has 0 radical (unpaired) electrons. The third-order valence-electron chi connectivity index (χ3n) is 4.13. The standard InChI is InChI=1S/C15H22FNO/c1-10-6-11(2)12(3)17(8-10)9-13-7-14(16)4-5-15(13)18/h4-5,7,10-12,18H,6,8-9H2,1-3H3. The van der Waals surface area contributed by atoms with Gasteiger partial charge in [0.15, 0.2) is 0 Å². The molecule has 2 rings (SSSR count). The van der Waals surface area contributed by atoms with E-state index in [0.29, 0.717) is 30.0 Å². The fourth-order valence-electron chi connectivity index (χ4n) is 2.94. The van der Waals surface area contributed by atoms with Crippen LogP contribution in [0.2, 0.25) is 0 Å². The maximum atomic E-state index is 13.2. The van der Waals surface area contributed by atoms with E-state index in [2.05, 4.69) is 25.7 Å². The van der Waals surface area contributed by atoms with E-state index in [9.17, 15) is 9.50 Å². The first-order valence-electron chi connectivity index (χ1n) is 6.68. The minimum absolute atomic E-state index is 0.189. The van der Waals surface area contributed by atoms with Crippen LogP contribution in [-0.2, 0) is 6.54 Å². The van der Waals surface area contributed by atoms with Crippen LogP contribution in [0.3, 0.4) is 0 Å². The number of likely N-dealkylation sites (tertiary alicyclic amines) is 1. The summed E-state index contributed by atoms with van der Waals surface area (Å²) >= 11 is 0. The van der Waals surface area contributed by atoms with Crippen molar-refractivity contribution in [2.24, 2.45) is 11.8 Å². The van der Waals surface area contributed by atoms with Gasteiger partial charge in [0.25, 0.3) is 0 Å². The highest BCUT2D eigenvalue weighted by molar-refractivity contribution is 5.32. The van der Waals surface area contributed by atoms with Crippen molar-refractivity contribution in [3.05, 3.63) is 29.6 Å².